The van der Waals surface area contributed by atoms with Gasteiger partial charge in [-0.2, -0.15) is 0 Å². The molecule has 27 heavy (non-hydrogen) atoms. The van der Waals surface area contributed by atoms with Crippen LogP contribution in [-0.4, -0.2) is 10.3 Å². The maximum atomic E-state index is 13.5. The molecule has 1 N–H and O–H groups in total. The predicted octanol–water partition coefficient (Wildman–Crippen LogP) is 5.43. The molecule has 0 aliphatic rings. The lowest BCUT2D eigenvalue weighted by atomic mass is 10.0. The SMILES string of the molecule is OCc1c(-c2ccc(Oc3ccccc3)cc2)noc1-c1cccc(F)c1. The van der Waals surface area contributed by atoms with Gasteiger partial charge in [0, 0.05) is 11.1 Å². The van der Waals surface area contributed by atoms with Crippen LogP contribution in [0.3, 0.4) is 0 Å². The van der Waals surface area contributed by atoms with Crippen LogP contribution in [0.1, 0.15) is 5.56 Å². The fraction of sp³-hybridized carbons (Fsp3) is 0.0455. The summed E-state index contributed by atoms with van der Waals surface area (Å²) in [6.07, 6.45) is 0. The van der Waals surface area contributed by atoms with E-state index in [2.05, 4.69) is 5.16 Å². The summed E-state index contributed by atoms with van der Waals surface area (Å²) in [5.41, 5.74) is 2.33. The molecule has 3 aromatic carbocycles. The Bertz CT molecular complexity index is 1040. The Hall–Kier alpha value is -3.44. The zero-order valence-corrected chi connectivity index (χ0v) is 14.3. The number of aliphatic hydroxyl groups excluding tert-OH is 1. The number of aliphatic hydroxyl groups is 1. The number of hydrogen-bond donors (Lipinski definition) is 1. The van der Waals surface area contributed by atoms with E-state index in [4.69, 9.17) is 9.26 Å². The largest absolute Gasteiger partial charge is 0.457 e. The summed E-state index contributed by atoms with van der Waals surface area (Å²) in [4.78, 5) is 0. The summed E-state index contributed by atoms with van der Waals surface area (Å²) in [5, 5.41) is 13.9. The van der Waals surface area contributed by atoms with E-state index in [1.807, 2.05) is 54.6 Å². The van der Waals surface area contributed by atoms with Gasteiger partial charge in [0.15, 0.2) is 5.76 Å². The molecule has 0 saturated heterocycles. The van der Waals surface area contributed by atoms with Gasteiger partial charge in [-0.15, -0.1) is 0 Å². The summed E-state index contributed by atoms with van der Waals surface area (Å²) in [6.45, 7) is -0.271. The van der Waals surface area contributed by atoms with Crippen molar-refractivity contribution in [3.63, 3.8) is 0 Å². The predicted molar refractivity (Wildman–Crippen MR) is 99.8 cm³/mol. The van der Waals surface area contributed by atoms with Crippen LogP contribution >= 0.6 is 0 Å². The third-order valence-electron chi connectivity index (χ3n) is 4.14. The Labute approximate surface area is 155 Å². The van der Waals surface area contributed by atoms with E-state index in [1.54, 1.807) is 12.1 Å². The second-order valence-corrected chi connectivity index (χ2v) is 5.95. The van der Waals surface area contributed by atoms with Crippen LogP contribution in [0.4, 0.5) is 4.39 Å². The molecule has 0 spiro atoms. The van der Waals surface area contributed by atoms with Crippen molar-refractivity contribution in [3.05, 3.63) is 90.2 Å². The zero-order chi connectivity index (χ0) is 18.6. The number of nitrogens with zero attached hydrogens (tertiary/aromatic N) is 1. The van der Waals surface area contributed by atoms with Crippen molar-refractivity contribution in [2.45, 2.75) is 6.61 Å². The lowest BCUT2D eigenvalue weighted by Crippen LogP contribution is -1.90. The van der Waals surface area contributed by atoms with Crippen molar-refractivity contribution < 1.29 is 18.8 Å². The molecule has 4 aromatic rings. The number of hydrogen-bond acceptors (Lipinski definition) is 4. The summed E-state index contributed by atoms with van der Waals surface area (Å²) in [5.74, 6) is 1.41. The molecule has 1 heterocycles. The minimum absolute atomic E-state index is 0.271. The smallest absolute Gasteiger partial charge is 0.173 e. The number of ether oxygens (including phenoxy) is 1. The molecule has 1 aromatic heterocycles. The molecule has 0 amide bonds. The number of rotatable bonds is 5. The Morgan fingerprint density at radius 3 is 2.30 bits per heavy atom. The van der Waals surface area contributed by atoms with Crippen molar-refractivity contribution in [1.82, 2.24) is 5.16 Å². The van der Waals surface area contributed by atoms with Gasteiger partial charge >= 0.3 is 0 Å². The van der Waals surface area contributed by atoms with E-state index in [0.717, 1.165) is 11.3 Å². The highest BCUT2D eigenvalue weighted by Crippen LogP contribution is 2.33. The van der Waals surface area contributed by atoms with Gasteiger partial charge in [-0.3, -0.25) is 0 Å². The van der Waals surface area contributed by atoms with E-state index < -0.39 is 0 Å². The first-order valence-electron chi connectivity index (χ1n) is 8.43. The Kier molecular flexibility index (Phi) is 4.68. The molecule has 0 unspecified atom stereocenters. The third kappa shape index (κ3) is 3.59. The molecule has 0 fully saturated rings. The molecule has 0 atom stereocenters. The number of benzene rings is 3. The first kappa shape index (κ1) is 17.0. The first-order valence-corrected chi connectivity index (χ1v) is 8.43. The van der Waals surface area contributed by atoms with Crippen LogP contribution in [0.15, 0.2) is 83.4 Å². The van der Waals surface area contributed by atoms with Crippen molar-refractivity contribution in [3.8, 4) is 34.1 Å². The van der Waals surface area contributed by atoms with Crippen LogP contribution in [0.25, 0.3) is 22.6 Å². The fourth-order valence-electron chi connectivity index (χ4n) is 2.84. The Balaban J connectivity index is 1.64. The standard InChI is InChI=1S/C22H16FNO3/c23-17-6-4-5-16(13-17)22-20(14-25)21(24-27-22)15-9-11-19(12-10-15)26-18-7-2-1-3-8-18/h1-13,25H,14H2. The molecular weight excluding hydrogens is 345 g/mol. The van der Waals surface area contributed by atoms with Gasteiger partial charge in [-0.05, 0) is 48.5 Å². The van der Waals surface area contributed by atoms with Gasteiger partial charge < -0.3 is 14.4 Å². The summed E-state index contributed by atoms with van der Waals surface area (Å²) in [7, 11) is 0. The molecule has 4 nitrogen and oxygen atoms in total. The first-order chi connectivity index (χ1) is 13.2. The van der Waals surface area contributed by atoms with Crippen molar-refractivity contribution >= 4 is 0 Å². The van der Waals surface area contributed by atoms with E-state index in [0.29, 0.717) is 28.3 Å². The topological polar surface area (TPSA) is 55.5 Å². The third-order valence-corrected chi connectivity index (χ3v) is 4.14. The monoisotopic (exact) mass is 361 g/mol. The van der Waals surface area contributed by atoms with Gasteiger partial charge in [0.25, 0.3) is 0 Å². The lowest BCUT2D eigenvalue weighted by Gasteiger charge is -2.06. The lowest BCUT2D eigenvalue weighted by molar-refractivity contribution is 0.281. The van der Waals surface area contributed by atoms with Crippen LogP contribution in [0.2, 0.25) is 0 Å². The van der Waals surface area contributed by atoms with Crippen molar-refractivity contribution in [2.75, 3.05) is 0 Å². The second kappa shape index (κ2) is 7.43. The van der Waals surface area contributed by atoms with E-state index in [1.165, 1.54) is 12.1 Å². The summed E-state index contributed by atoms with van der Waals surface area (Å²) in [6, 6.07) is 22.8. The maximum absolute atomic E-state index is 13.5. The van der Waals surface area contributed by atoms with Gasteiger partial charge in [0.1, 0.15) is 23.0 Å². The van der Waals surface area contributed by atoms with Gasteiger partial charge in [-0.25, -0.2) is 4.39 Å². The average Bonchev–Trinajstić information content (AvgIpc) is 3.13. The second-order valence-electron chi connectivity index (χ2n) is 5.95. The molecule has 5 heteroatoms. The van der Waals surface area contributed by atoms with Gasteiger partial charge in [0.2, 0.25) is 0 Å². The maximum Gasteiger partial charge on any atom is 0.173 e. The molecule has 4 rings (SSSR count). The normalized spacial score (nSPS) is 10.7. The molecule has 0 aliphatic heterocycles. The molecule has 0 saturated carbocycles. The molecule has 0 radical (unpaired) electrons. The zero-order valence-electron chi connectivity index (χ0n) is 14.3. The van der Waals surface area contributed by atoms with E-state index >= 15 is 0 Å². The Morgan fingerprint density at radius 1 is 0.852 bits per heavy atom. The molecule has 134 valence electrons. The van der Waals surface area contributed by atoms with Crippen LogP contribution in [0, 0.1) is 5.82 Å². The van der Waals surface area contributed by atoms with Crippen LogP contribution < -0.4 is 4.74 Å². The number of para-hydroxylation sites is 1. The average molecular weight is 361 g/mol. The number of aromatic nitrogens is 1. The Morgan fingerprint density at radius 2 is 1.59 bits per heavy atom. The van der Waals surface area contributed by atoms with Crippen molar-refractivity contribution in [2.24, 2.45) is 0 Å². The van der Waals surface area contributed by atoms with Crippen LogP contribution in [-0.2, 0) is 6.61 Å². The molecular formula is C22H16FNO3. The van der Waals surface area contributed by atoms with Crippen LogP contribution in [0.5, 0.6) is 11.5 Å². The van der Waals surface area contributed by atoms with E-state index in [9.17, 15) is 9.50 Å². The minimum Gasteiger partial charge on any atom is -0.457 e. The molecule has 0 bridgehead atoms. The summed E-state index contributed by atoms with van der Waals surface area (Å²) >= 11 is 0. The highest BCUT2D eigenvalue weighted by molar-refractivity contribution is 5.72. The van der Waals surface area contributed by atoms with Gasteiger partial charge in [-0.1, -0.05) is 35.5 Å². The highest BCUT2D eigenvalue weighted by atomic mass is 19.1. The van der Waals surface area contributed by atoms with Crippen molar-refractivity contribution in [1.29, 1.82) is 0 Å². The highest BCUT2D eigenvalue weighted by Gasteiger charge is 2.18. The number of halogens is 1. The minimum atomic E-state index is -0.378. The quantitative estimate of drug-likeness (QED) is 0.515. The van der Waals surface area contributed by atoms with E-state index in [-0.39, 0.29) is 12.4 Å². The van der Waals surface area contributed by atoms with Gasteiger partial charge in [0.05, 0.1) is 12.2 Å². The molecule has 0 aliphatic carbocycles. The fourth-order valence-corrected chi connectivity index (χ4v) is 2.84. The summed E-state index contributed by atoms with van der Waals surface area (Å²) < 4.78 is 24.7.